The maximum Gasteiger partial charge on any atom is 0.0710 e. The average Bonchev–Trinajstić information content (AvgIpc) is 3.02. The Morgan fingerprint density at radius 2 is 2.38 bits per heavy atom. The van der Waals surface area contributed by atoms with Crippen molar-refractivity contribution in [2.45, 2.75) is 32.4 Å². The van der Waals surface area contributed by atoms with Crippen LogP contribution in [-0.4, -0.2) is 45.8 Å². The van der Waals surface area contributed by atoms with E-state index in [0.717, 1.165) is 30.9 Å². The Kier molecular flexibility index (Phi) is 4.62. The molecule has 1 aliphatic heterocycles. The zero-order valence-corrected chi connectivity index (χ0v) is 12.5. The van der Waals surface area contributed by atoms with Gasteiger partial charge in [-0.05, 0) is 38.1 Å². The first kappa shape index (κ1) is 14.2. The lowest BCUT2D eigenvalue weighted by Crippen LogP contribution is -2.45. The second-order valence-electron chi connectivity index (χ2n) is 5.63. The van der Waals surface area contributed by atoms with Gasteiger partial charge in [-0.2, -0.15) is 5.10 Å². The Hall–Kier alpha value is -1.72. The highest BCUT2D eigenvalue weighted by atomic mass is 15.2. The van der Waals surface area contributed by atoms with E-state index in [1.165, 1.54) is 24.9 Å². The van der Waals surface area contributed by atoms with E-state index in [1.807, 2.05) is 18.5 Å². The second kappa shape index (κ2) is 6.83. The standard InChI is InChI=1S/C16H23N5/c1-2-21-8-4-6-15(12-21)18-10-14-11-19-20-16(14)13-5-3-7-17-9-13/h3,5,7,9,11,15,18H,2,4,6,8,10,12H2,1H3,(H,19,20). The SMILES string of the molecule is CCN1CCCC(NCc2cn[nH]c2-c2cccnc2)C1. The maximum atomic E-state index is 4.19. The fraction of sp³-hybridized carbons (Fsp3) is 0.500. The van der Waals surface area contributed by atoms with Crippen molar-refractivity contribution in [2.75, 3.05) is 19.6 Å². The Balaban J connectivity index is 1.63. The van der Waals surface area contributed by atoms with Crippen molar-refractivity contribution in [1.82, 2.24) is 25.4 Å². The molecule has 1 saturated heterocycles. The number of piperidine rings is 1. The van der Waals surface area contributed by atoms with Gasteiger partial charge in [-0.15, -0.1) is 0 Å². The van der Waals surface area contributed by atoms with E-state index in [1.54, 1.807) is 6.20 Å². The molecule has 2 aromatic rings. The second-order valence-corrected chi connectivity index (χ2v) is 5.63. The molecule has 5 nitrogen and oxygen atoms in total. The fourth-order valence-corrected chi connectivity index (χ4v) is 2.97. The highest BCUT2D eigenvalue weighted by Gasteiger charge is 2.18. The summed E-state index contributed by atoms with van der Waals surface area (Å²) in [6.07, 6.45) is 8.12. The van der Waals surface area contributed by atoms with Crippen LogP contribution in [0.2, 0.25) is 0 Å². The lowest BCUT2D eigenvalue weighted by molar-refractivity contribution is 0.198. The van der Waals surface area contributed by atoms with Crippen molar-refractivity contribution in [2.24, 2.45) is 0 Å². The number of likely N-dealkylation sites (tertiary alicyclic amines) is 1. The molecule has 112 valence electrons. The number of likely N-dealkylation sites (N-methyl/N-ethyl adjacent to an activating group) is 1. The molecule has 3 heterocycles. The third-order valence-corrected chi connectivity index (χ3v) is 4.20. The number of rotatable bonds is 5. The van der Waals surface area contributed by atoms with Gasteiger partial charge in [0.05, 0.1) is 11.9 Å². The maximum absolute atomic E-state index is 4.19. The van der Waals surface area contributed by atoms with Gasteiger partial charge < -0.3 is 10.2 Å². The Morgan fingerprint density at radius 3 is 3.19 bits per heavy atom. The molecule has 2 N–H and O–H groups in total. The molecule has 0 amide bonds. The third kappa shape index (κ3) is 3.49. The minimum absolute atomic E-state index is 0.579. The number of pyridine rings is 1. The molecule has 0 aliphatic carbocycles. The fourth-order valence-electron chi connectivity index (χ4n) is 2.97. The molecule has 1 fully saturated rings. The van der Waals surface area contributed by atoms with E-state index >= 15 is 0 Å². The Labute approximate surface area is 125 Å². The van der Waals surface area contributed by atoms with Gasteiger partial charge in [-0.25, -0.2) is 0 Å². The summed E-state index contributed by atoms with van der Waals surface area (Å²) in [4.78, 5) is 6.69. The van der Waals surface area contributed by atoms with Gasteiger partial charge >= 0.3 is 0 Å². The molecule has 0 spiro atoms. The zero-order valence-electron chi connectivity index (χ0n) is 12.5. The lowest BCUT2D eigenvalue weighted by Gasteiger charge is -2.32. The molecule has 1 unspecified atom stereocenters. The topological polar surface area (TPSA) is 56.8 Å². The van der Waals surface area contributed by atoms with Gasteiger partial charge in [-0.1, -0.05) is 6.92 Å². The van der Waals surface area contributed by atoms with Crippen LogP contribution in [0.3, 0.4) is 0 Å². The number of hydrogen-bond acceptors (Lipinski definition) is 4. The summed E-state index contributed by atoms with van der Waals surface area (Å²) in [6.45, 7) is 6.62. The van der Waals surface area contributed by atoms with Crippen LogP contribution in [0.1, 0.15) is 25.3 Å². The smallest absolute Gasteiger partial charge is 0.0710 e. The van der Waals surface area contributed by atoms with Crippen molar-refractivity contribution in [1.29, 1.82) is 0 Å². The Morgan fingerprint density at radius 1 is 1.43 bits per heavy atom. The highest BCUT2D eigenvalue weighted by Crippen LogP contribution is 2.20. The van der Waals surface area contributed by atoms with Crippen LogP contribution in [0.25, 0.3) is 11.3 Å². The monoisotopic (exact) mass is 285 g/mol. The average molecular weight is 285 g/mol. The third-order valence-electron chi connectivity index (χ3n) is 4.20. The van der Waals surface area contributed by atoms with Crippen molar-refractivity contribution in [3.05, 3.63) is 36.3 Å². The highest BCUT2D eigenvalue weighted by molar-refractivity contribution is 5.61. The summed E-state index contributed by atoms with van der Waals surface area (Å²) in [5.41, 5.74) is 3.36. The lowest BCUT2D eigenvalue weighted by atomic mass is 10.0. The number of aromatic nitrogens is 3. The summed E-state index contributed by atoms with van der Waals surface area (Å²) >= 11 is 0. The van der Waals surface area contributed by atoms with Crippen molar-refractivity contribution in [3.8, 4) is 11.3 Å². The van der Waals surface area contributed by atoms with Crippen LogP contribution >= 0.6 is 0 Å². The van der Waals surface area contributed by atoms with E-state index in [4.69, 9.17) is 0 Å². The first-order valence-electron chi connectivity index (χ1n) is 7.75. The molecule has 1 aliphatic rings. The van der Waals surface area contributed by atoms with Crippen LogP contribution in [0.5, 0.6) is 0 Å². The van der Waals surface area contributed by atoms with Gasteiger partial charge in [-0.3, -0.25) is 10.1 Å². The van der Waals surface area contributed by atoms with Gasteiger partial charge in [0.15, 0.2) is 0 Å². The molecule has 0 radical (unpaired) electrons. The number of nitrogens with one attached hydrogen (secondary N) is 2. The minimum atomic E-state index is 0.579. The predicted molar refractivity (Wildman–Crippen MR) is 83.8 cm³/mol. The summed E-state index contributed by atoms with van der Waals surface area (Å²) in [6, 6.07) is 4.59. The molecule has 0 bridgehead atoms. The van der Waals surface area contributed by atoms with Crippen molar-refractivity contribution < 1.29 is 0 Å². The number of nitrogens with zero attached hydrogens (tertiary/aromatic N) is 3. The van der Waals surface area contributed by atoms with Crippen LogP contribution < -0.4 is 5.32 Å². The molecule has 0 saturated carbocycles. The zero-order chi connectivity index (χ0) is 14.5. The van der Waals surface area contributed by atoms with Crippen LogP contribution in [0.4, 0.5) is 0 Å². The number of H-pyrrole nitrogens is 1. The first-order chi connectivity index (χ1) is 10.4. The largest absolute Gasteiger partial charge is 0.309 e. The number of hydrogen-bond donors (Lipinski definition) is 2. The van der Waals surface area contributed by atoms with Crippen LogP contribution in [0.15, 0.2) is 30.7 Å². The van der Waals surface area contributed by atoms with E-state index < -0.39 is 0 Å². The molecule has 21 heavy (non-hydrogen) atoms. The van der Waals surface area contributed by atoms with Crippen LogP contribution in [0, 0.1) is 0 Å². The molecular weight excluding hydrogens is 262 g/mol. The van der Waals surface area contributed by atoms with Crippen molar-refractivity contribution in [3.63, 3.8) is 0 Å². The van der Waals surface area contributed by atoms with Crippen LogP contribution in [-0.2, 0) is 6.54 Å². The van der Waals surface area contributed by atoms with E-state index in [2.05, 4.69) is 38.4 Å². The van der Waals surface area contributed by atoms with E-state index in [-0.39, 0.29) is 0 Å². The summed E-state index contributed by atoms with van der Waals surface area (Å²) in [7, 11) is 0. The molecule has 2 aromatic heterocycles. The van der Waals surface area contributed by atoms with Gasteiger partial charge in [0.1, 0.15) is 0 Å². The van der Waals surface area contributed by atoms with Gasteiger partial charge in [0.25, 0.3) is 0 Å². The van der Waals surface area contributed by atoms with E-state index in [9.17, 15) is 0 Å². The molecule has 1 atom stereocenters. The van der Waals surface area contributed by atoms with Gasteiger partial charge in [0, 0.05) is 42.7 Å². The number of aromatic amines is 1. The first-order valence-corrected chi connectivity index (χ1v) is 7.75. The van der Waals surface area contributed by atoms with Gasteiger partial charge in [0.2, 0.25) is 0 Å². The summed E-state index contributed by atoms with van der Waals surface area (Å²) in [5.74, 6) is 0. The minimum Gasteiger partial charge on any atom is -0.309 e. The molecular formula is C16H23N5. The van der Waals surface area contributed by atoms with E-state index in [0.29, 0.717) is 6.04 Å². The quantitative estimate of drug-likeness (QED) is 0.883. The molecule has 0 aromatic carbocycles. The normalized spacial score (nSPS) is 19.8. The van der Waals surface area contributed by atoms with Crippen molar-refractivity contribution >= 4 is 0 Å². The summed E-state index contributed by atoms with van der Waals surface area (Å²) < 4.78 is 0. The molecule has 3 rings (SSSR count). The molecule has 5 heteroatoms. The predicted octanol–water partition coefficient (Wildman–Crippen LogP) is 2.05. The Bertz CT molecular complexity index is 551. The summed E-state index contributed by atoms with van der Waals surface area (Å²) in [5, 5.41) is 11.0.